The molecule has 4 heteroatoms. The first kappa shape index (κ1) is 18.9. The Kier molecular flexibility index (Phi) is 8.09. The molecule has 0 atom stereocenters. The van der Waals surface area contributed by atoms with Crippen LogP contribution in [0.5, 0.6) is 5.75 Å². The van der Waals surface area contributed by atoms with Crippen molar-refractivity contribution in [3.8, 4) is 5.75 Å². The van der Waals surface area contributed by atoms with Crippen LogP contribution in [-0.2, 0) is 4.79 Å². The molecule has 2 rings (SSSR count). The molecule has 1 aliphatic rings. The van der Waals surface area contributed by atoms with E-state index in [0.717, 1.165) is 12.8 Å². The van der Waals surface area contributed by atoms with Crippen LogP contribution in [-0.4, -0.2) is 13.0 Å². The van der Waals surface area contributed by atoms with Crippen molar-refractivity contribution in [1.82, 2.24) is 5.32 Å². The summed E-state index contributed by atoms with van der Waals surface area (Å²) in [5, 5.41) is 2.75. The van der Waals surface area contributed by atoms with Gasteiger partial charge in [-0.05, 0) is 37.5 Å². The van der Waals surface area contributed by atoms with Gasteiger partial charge in [0.15, 0.2) is 11.6 Å². The van der Waals surface area contributed by atoms with Crippen molar-refractivity contribution in [3.63, 3.8) is 0 Å². The van der Waals surface area contributed by atoms with E-state index in [1.807, 2.05) is 0 Å². The maximum absolute atomic E-state index is 12.9. The van der Waals surface area contributed by atoms with Gasteiger partial charge in [0.25, 0.3) is 0 Å². The highest BCUT2D eigenvalue weighted by atomic mass is 19.1. The average Bonchev–Trinajstić information content (AvgIpc) is 2.58. The molecule has 1 aromatic rings. The summed E-state index contributed by atoms with van der Waals surface area (Å²) in [5.74, 6) is 0.347. The van der Waals surface area contributed by atoms with Gasteiger partial charge in [-0.3, -0.25) is 4.79 Å². The number of allylic oxidation sites excluding steroid dienone is 1. The Hall–Kier alpha value is -2.10. The van der Waals surface area contributed by atoms with Crippen molar-refractivity contribution in [2.75, 3.05) is 7.11 Å². The summed E-state index contributed by atoms with van der Waals surface area (Å²) in [5.41, 5.74) is 1.22. The van der Waals surface area contributed by atoms with E-state index in [9.17, 15) is 9.18 Å². The highest BCUT2D eigenvalue weighted by molar-refractivity contribution is 5.80. The van der Waals surface area contributed by atoms with Crippen molar-refractivity contribution in [2.45, 2.75) is 39.0 Å². The molecule has 1 fully saturated rings. The standard InChI is InChI=1S/C11H17NO.C8H9FO/c1-3-9(2)12-11(13)10-7-5-4-6-8-10;1-6-4-3-5-7(10-2)8(6)9/h3,10H,1-2,4-8H2,(H,12,13);3-5H,1-2H3. The number of hydrogen-bond donors (Lipinski definition) is 1. The summed E-state index contributed by atoms with van der Waals surface area (Å²) >= 11 is 0. The van der Waals surface area contributed by atoms with Gasteiger partial charge < -0.3 is 10.1 Å². The summed E-state index contributed by atoms with van der Waals surface area (Å²) < 4.78 is 17.6. The average molecular weight is 319 g/mol. The lowest BCUT2D eigenvalue weighted by Crippen LogP contribution is -2.30. The molecular formula is C19H26FNO2. The van der Waals surface area contributed by atoms with Crippen LogP contribution in [0.1, 0.15) is 37.7 Å². The number of methoxy groups -OCH3 is 1. The third-order valence-corrected chi connectivity index (χ3v) is 3.88. The Morgan fingerprint density at radius 3 is 2.52 bits per heavy atom. The lowest BCUT2D eigenvalue weighted by Gasteiger charge is -2.20. The van der Waals surface area contributed by atoms with Crippen molar-refractivity contribution in [1.29, 1.82) is 0 Å². The van der Waals surface area contributed by atoms with E-state index in [4.69, 9.17) is 4.74 Å². The molecule has 1 N–H and O–H groups in total. The van der Waals surface area contributed by atoms with E-state index >= 15 is 0 Å². The zero-order valence-corrected chi connectivity index (χ0v) is 14.0. The number of ether oxygens (including phenoxy) is 1. The minimum Gasteiger partial charge on any atom is -0.494 e. The van der Waals surface area contributed by atoms with Crippen LogP contribution in [0, 0.1) is 18.7 Å². The van der Waals surface area contributed by atoms with Crippen LogP contribution >= 0.6 is 0 Å². The van der Waals surface area contributed by atoms with Gasteiger partial charge in [-0.1, -0.05) is 44.6 Å². The van der Waals surface area contributed by atoms with Gasteiger partial charge in [-0.2, -0.15) is 0 Å². The molecule has 0 aliphatic heterocycles. The number of carbonyl (C=O) groups is 1. The molecule has 0 aromatic heterocycles. The summed E-state index contributed by atoms with van der Waals surface area (Å²) in [6.07, 6.45) is 7.25. The summed E-state index contributed by atoms with van der Waals surface area (Å²) in [4.78, 5) is 11.5. The molecule has 23 heavy (non-hydrogen) atoms. The molecule has 0 radical (unpaired) electrons. The van der Waals surface area contributed by atoms with Crippen LogP contribution in [0.3, 0.4) is 0 Å². The van der Waals surface area contributed by atoms with Crippen LogP contribution in [0.2, 0.25) is 0 Å². The van der Waals surface area contributed by atoms with Crippen molar-refractivity contribution in [2.24, 2.45) is 5.92 Å². The first-order chi connectivity index (χ1) is 11.0. The van der Waals surface area contributed by atoms with Gasteiger partial charge in [0.1, 0.15) is 0 Å². The van der Waals surface area contributed by atoms with Gasteiger partial charge in [0, 0.05) is 11.6 Å². The van der Waals surface area contributed by atoms with Crippen molar-refractivity contribution < 1.29 is 13.9 Å². The van der Waals surface area contributed by atoms with Crippen molar-refractivity contribution in [3.05, 3.63) is 54.5 Å². The Bertz CT molecular complexity index is 548. The minimum absolute atomic E-state index is 0.115. The number of hydrogen-bond acceptors (Lipinski definition) is 2. The zero-order chi connectivity index (χ0) is 17.2. The first-order valence-corrected chi connectivity index (χ1v) is 7.91. The van der Waals surface area contributed by atoms with Gasteiger partial charge >= 0.3 is 0 Å². The smallest absolute Gasteiger partial charge is 0.227 e. The Labute approximate surface area is 138 Å². The monoisotopic (exact) mass is 319 g/mol. The van der Waals surface area contributed by atoms with Crippen LogP contribution in [0.15, 0.2) is 43.1 Å². The van der Waals surface area contributed by atoms with Gasteiger partial charge in [-0.25, -0.2) is 4.39 Å². The van der Waals surface area contributed by atoms with Gasteiger partial charge in [0.2, 0.25) is 5.91 Å². The predicted octanol–water partition coefficient (Wildman–Crippen LogP) is 4.53. The molecular weight excluding hydrogens is 293 g/mol. The number of carbonyl (C=O) groups excluding carboxylic acids is 1. The first-order valence-electron chi connectivity index (χ1n) is 7.91. The number of amides is 1. The Morgan fingerprint density at radius 2 is 2.00 bits per heavy atom. The molecule has 0 saturated heterocycles. The van der Waals surface area contributed by atoms with E-state index in [1.54, 1.807) is 31.2 Å². The fourth-order valence-electron chi connectivity index (χ4n) is 2.45. The van der Waals surface area contributed by atoms with Crippen LogP contribution < -0.4 is 10.1 Å². The molecule has 1 aromatic carbocycles. The lowest BCUT2D eigenvalue weighted by atomic mass is 9.88. The Morgan fingerprint density at radius 1 is 1.35 bits per heavy atom. The molecule has 0 spiro atoms. The molecule has 0 heterocycles. The number of nitrogens with one attached hydrogen (secondary N) is 1. The normalized spacial score (nSPS) is 14.2. The van der Waals surface area contributed by atoms with Gasteiger partial charge in [-0.15, -0.1) is 0 Å². The fraction of sp³-hybridized carbons (Fsp3) is 0.421. The van der Waals surface area contributed by atoms with Crippen LogP contribution in [0.25, 0.3) is 0 Å². The van der Waals surface area contributed by atoms with E-state index in [-0.39, 0.29) is 17.6 Å². The van der Waals surface area contributed by atoms with Crippen molar-refractivity contribution >= 4 is 5.91 Å². The highest BCUT2D eigenvalue weighted by Crippen LogP contribution is 2.23. The lowest BCUT2D eigenvalue weighted by molar-refractivity contribution is -0.125. The molecule has 126 valence electrons. The van der Waals surface area contributed by atoms with E-state index in [0.29, 0.717) is 17.0 Å². The number of aryl methyl sites for hydroxylation is 1. The number of rotatable bonds is 4. The van der Waals surface area contributed by atoms with Gasteiger partial charge in [0.05, 0.1) is 7.11 Å². The third-order valence-electron chi connectivity index (χ3n) is 3.88. The molecule has 1 amide bonds. The maximum atomic E-state index is 12.9. The second-order valence-corrected chi connectivity index (χ2v) is 5.64. The Balaban J connectivity index is 0.000000238. The zero-order valence-electron chi connectivity index (χ0n) is 14.0. The van der Waals surface area contributed by atoms with Crippen LogP contribution in [0.4, 0.5) is 4.39 Å². The highest BCUT2D eigenvalue weighted by Gasteiger charge is 2.20. The third kappa shape index (κ3) is 6.27. The topological polar surface area (TPSA) is 38.3 Å². The van der Waals surface area contributed by atoms with E-state index in [2.05, 4.69) is 18.5 Å². The SMILES string of the molecule is C=CC(=C)NC(=O)C1CCCCC1.COc1cccc(C)c1F. The van der Waals surface area contributed by atoms with E-state index < -0.39 is 0 Å². The second-order valence-electron chi connectivity index (χ2n) is 5.64. The van der Waals surface area contributed by atoms with E-state index in [1.165, 1.54) is 26.4 Å². The fourth-order valence-corrected chi connectivity index (χ4v) is 2.45. The summed E-state index contributed by atoms with van der Waals surface area (Å²) in [7, 11) is 1.46. The molecule has 1 aliphatic carbocycles. The molecule has 0 unspecified atom stereocenters. The minimum atomic E-state index is -0.273. The quantitative estimate of drug-likeness (QED) is 0.828. The largest absolute Gasteiger partial charge is 0.494 e. The predicted molar refractivity (Wildman–Crippen MR) is 91.7 cm³/mol. The summed E-state index contributed by atoms with van der Waals surface area (Å²) in [6, 6.07) is 5.07. The maximum Gasteiger partial charge on any atom is 0.227 e. The molecule has 3 nitrogen and oxygen atoms in total. The number of benzene rings is 1. The number of halogens is 1. The summed E-state index contributed by atoms with van der Waals surface area (Å²) in [6.45, 7) is 8.91. The second kappa shape index (κ2) is 9.82. The molecule has 1 saturated carbocycles. The molecule has 0 bridgehead atoms.